The Balaban J connectivity index is 1.91. The molecule has 0 aliphatic heterocycles. The molecule has 2 aromatic carbocycles. The zero-order valence-corrected chi connectivity index (χ0v) is 15.5. The van der Waals surface area contributed by atoms with Gasteiger partial charge in [0.25, 0.3) is 0 Å². The molecule has 2 aromatic rings. The molecule has 0 heterocycles. The Morgan fingerprint density at radius 2 is 1.69 bits per heavy atom. The summed E-state index contributed by atoms with van der Waals surface area (Å²) >= 11 is 0. The number of benzene rings is 2. The van der Waals surface area contributed by atoms with Gasteiger partial charge in [-0.3, -0.25) is 4.79 Å². The minimum Gasteiger partial charge on any atom is -0.490 e. The van der Waals surface area contributed by atoms with Gasteiger partial charge < -0.3 is 14.8 Å². The largest absolute Gasteiger partial charge is 0.490 e. The van der Waals surface area contributed by atoms with Crippen molar-refractivity contribution in [2.45, 2.75) is 39.7 Å². The van der Waals surface area contributed by atoms with E-state index >= 15 is 0 Å². The fourth-order valence-corrected chi connectivity index (χ4v) is 2.66. The van der Waals surface area contributed by atoms with E-state index in [0.29, 0.717) is 37.6 Å². The molecule has 1 amide bonds. The number of amides is 1. The van der Waals surface area contributed by atoms with E-state index in [1.165, 1.54) is 12.1 Å². The number of halogens is 1. The molecule has 4 nitrogen and oxygen atoms in total. The second-order valence-electron chi connectivity index (χ2n) is 5.99. The lowest BCUT2D eigenvalue weighted by Crippen LogP contribution is -2.26. The fraction of sp³-hybridized carbons (Fsp3) is 0.381. The lowest BCUT2D eigenvalue weighted by Gasteiger charge is -2.15. The first-order valence-electron chi connectivity index (χ1n) is 8.96. The van der Waals surface area contributed by atoms with Crippen LogP contribution in [-0.4, -0.2) is 19.1 Å². The molecule has 2 rings (SSSR count). The third-order valence-electron chi connectivity index (χ3n) is 4.00. The van der Waals surface area contributed by atoms with Crippen LogP contribution in [0.2, 0.25) is 0 Å². The quantitative estimate of drug-likeness (QED) is 0.720. The number of hydrogen-bond donors (Lipinski definition) is 1. The molecular weight excluding hydrogens is 333 g/mol. The molecule has 0 saturated heterocycles. The van der Waals surface area contributed by atoms with Crippen molar-refractivity contribution in [1.82, 2.24) is 5.32 Å². The van der Waals surface area contributed by atoms with Crippen LogP contribution in [-0.2, 0) is 11.2 Å². The maximum atomic E-state index is 13.0. The lowest BCUT2D eigenvalue weighted by atomic mass is 10.1. The van der Waals surface area contributed by atoms with E-state index in [1.807, 2.05) is 39.0 Å². The molecule has 0 aliphatic carbocycles. The Bertz CT molecular complexity index is 716. The molecule has 0 radical (unpaired) electrons. The molecule has 1 unspecified atom stereocenters. The number of carbonyl (C=O) groups is 1. The molecular formula is C21H26FNO3. The van der Waals surface area contributed by atoms with Gasteiger partial charge in [0.2, 0.25) is 5.91 Å². The maximum Gasteiger partial charge on any atom is 0.220 e. The number of nitrogens with one attached hydrogen (secondary N) is 1. The Hall–Kier alpha value is -2.56. The van der Waals surface area contributed by atoms with Crippen LogP contribution < -0.4 is 14.8 Å². The van der Waals surface area contributed by atoms with Crippen LogP contribution in [0.1, 0.15) is 44.4 Å². The van der Waals surface area contributed by atoms with E-state index in [9.17, 15) is 9.18 Å². The summed E-state index contributed by atoms with van der Waals surface area (Å²) in [5, 5.41) is 2.94. The van der Waals surface area contributed by atoms with Gasteiger partial charge in [0.1, 0.15) is 5.82 Å². The second kappa shape index (κ2) is 9.80. The summed E-state index contributed by atoms with van der Waals surface area (Å²) in [6, 6.07) is 11.7. The highest BCUT2D eigenvalue weighted by Crippen LogP contribution is 2.29. The predicted molar refractivity (Wildman–Crippen MR) is 100 cm³/mol. The molecule has 1 N–H and O–H groups in total. The normalized spacial score (nSPS) is 11.7. The first-order valence-corrected chi connectivity index (χ1v) is 8.96. The van der Waals surface area contributed by atoms with Crippen molar-refractivity contribution in [2.75, 3.05) is 13.2 Å². The number of rotatable bonds is 9. The van der Waals surface area contributed by atoms with E-state index in [4.69, 9.17) is 9.47 Å². The smallest absolute Gasteiger partial charge is 0.220 e. The van der Waals surface area contributed by atoms with Crippen molar-refractivity contribution in [2.24, 2.45) is 0 Å². The van der Waals surface area contributed by atoms with E-state index < -0.39 is 0 Å². The molecule has 140 valence electrons. The van der Waals surface area contributed by atoms with Crippen molar-refractivity contribution >= 4 is 5.91 Å². The van der Waals surface area contributed by atoms with Crippen LogP contribution in [0.4, 0.5) is 4.39 Å². The summed E-state index contributed by atoms with van der Waals surface area (Å²) in [6.45, 7) is 6.86. The average molecular weight is 359 g/mol. The van der Waals surface area contributed by atoms with Crippen LogP contribution in [0.15, 0.2) is 42.5 Å². The molecule has 0 aliphatic rings. The minimum absolute atomic E-state index is 0.0475. The highest BCUT2D eigenvalue weighted by Gasteiger charge is 2.11. The standard InChI is InChI=1S/C21H26FNO3/c1-4-25-19-12-6-16(14-20(19)26-5-2)7-13-21(24)23-15(3)17-8-10-18(22)11-9-17/h6,8-12,14-15H,4-5,7,13H2,1-3H3,(H,23,24). The van der Waals surface area contributed by atoms with Crippen molar-refractivity contribution < 1.29 is 18.7 Å². The summed E-state index contributed by atoms with van der Waals surface area (Å²) < 4.78 is 24.1. The molecule has 0 fully saturated rings. The van der Waals surface area contributed by atoms with Gasteiger partial charge in [-0.15, -0.1) is 0 Å². The number of ether oxygens (including phenoxy) is 2. The van der Waals surface area contributed by atoms with Gasteiger partial charge in [-0.2, -0.15) is 0 Å². The zero-order chi connectivity index (χ0) is 18.9. The second-order valence-corrected chi connectivity index (χ2v) is 5.99. The molecule has 5 heteroatoms. The van der Waals surface area contributed by atoms with Gasteiger partial charge in [0.15, 0.2) is 11.5 Å². The van der Waals surface area contributed by atoms with E-state index in [0.717, 1.165) is 11.1 Å². The average Bonchev–Trinajstić information content (AvgIpc) is 2.62. The Kier molecular flexibility index (Phi) is 7.45. The Morgan fingerprint density at radius 1 is 1.04 bits per heavy atom. The van der Waals surface area contributed by atoms with Gasteiger partial charge in [-0.25, -0.2) is 4.39 Å². The number of carbonyl (C=O) groups excluding carboxylic acids is 1. The summed E-state index contributed by atoms with van der Waals surface area (Å²) in [6.07, 6.45) is 0.972. The minimum atomic E-state index is -0.284. The van der Waals surface area contributed by atoms with E-state index in [1.54, 1.807) is 12.1 Å². The highest BCUT2D eigenvalue weighted by molar-refractivity contribution is 5.76. The summed E-state index contributed by atoms with van der Waals surface area (Å²) in [5.41, 5.74) is 1.89. The topological polar surface area (TPSA) is 47.6 Å². The van der Waals surface area contributed by atoms with Gasteiger partial charge in [-0.05, 0) is 62.6 Å². The van der Waals surface area contributed by atoms with Crippen LogP contribution in [0, 0.1) is 5.82 Å². The lowest BCUT2D eigenvalue weighted by molar-refractivity contribution is -0.121. The predicted octanol–water partition coefficient (Wildman–Crippen LogP) is 4.43. The molecule has 0 saturated carbocycles. The van der Waals surface area contributed by atoms with Crippen molar-refractivity contribution in [3.8, 4) is 11.5 Å². The first-order chi connectivity index (χ1) is 12.5. The molecule has 1 atom stereocenters. The Labute approximate surface area is 154 Å². The van der Waals surface area contributed by atoms with Crippen molar-refractivity contribution in [3.05, 3.63) is 59.4 Å². The molecule has 26 heavy (non-hydrogen) atoms. The summed E-state index contributed by atoms with van der Waals surface area (Å²) in [5.74, 6) is 1.08. The van der Waals surface area contributed by atoms with Gasteiger partial charge in [0, 0.05) is 6.42 Å². The maximum absolute atomic E-state index is 13.0. The third-order valence-corrected chi connectivity index (χ3v) is 4.00. The van der Waals surface area contributed by atoms with Gasteiger partial charge >= 0.3 is 0 Å². The van der Waals surface area contributed by atoms with Crippen LogP contribution in [0.5, 0.6) is 11.5 Å². The summed E-state index contributed by atoms with van der Waals surface area (Å²) in [4.78, 5) is 12.2. The SMILES string of the molecule is CCOc1ccc(CCC(=O)NC(C)c2ccc(F)cc2)cc1OCC. The number of aryl methyl sites for hydroxylation is 1. The van der Waals surface area contributed by atoms with Crippen molar-refractivity contribution in [3.63, 3.8) is 0 Å². The Morgan fingerprint density at radius 3 is 2.35 bits per heavy atom. The van der Waals surface area contributed by atoms with E-state index in [2.05, 4.69) is 5.32 Å². The fourth-order valence-electron chi connectivity index (χ4n) is 2.66. The van der Waals surface area contributed by atoms with Gasteiger partial charge in [0.05, 0.1) is 19.3 Å². The molecule has 0 aromatic heterocycles. The van der Waals surface area contributed by atoms with Crippen LogP contribution in [0.3, 0.4) is 0 Å². The van der Waals surface area contributed by atoms with Crippen LogP contribution >= 0.6 is 0 Å². The third kappa shape index (κ3) is 5.76. The molecule has 0 bridgehead atoms. The number of hydrogen-bond acceptors (Lipinski definition) is 3. The highest BCUT2D eigenvalue weighted by atomic mass is 19.1. The van der Waals surface area contributed by atoms with Crippen LogP contribution in [0.25, 0.3) is 0 Å². The summed E-state index contributed by atoms with van der Waals surface area (Å²) in [7, 11) is 0. The zero-order valence-electron chi connectivity index (χ0n) is 15.5. The van der Waals surface area contributed by atoms with Crippen molar-refractivity contribution in [1.29, 1.82) is 0 Å². The first kappa shape index (κ1) is 19.8. The molecule has 0 spiro atoms. The van der Waals surface area contributed by atoms with Gasteiger partial charge in [-0.1, -0.05) is 18.2 Å². The van der Waals surface area contributed by atoms with E-state index in [-0.39, 0.29) is 17.8 Å². The monoisotopic (exact) mass is 359 g/mol.